The van der Waals surface area contributed by atoms with Crippen LogP contribution < -0.4 is 34.7 Å². The van der Waals surface area contributed by atoms with Crippen LogP contribution in [0.5, 0.6) is 11.5 Å². The van der Waals surface area contributed by atoms with Gasteiger partial charge < -0.3 is 9.05 Å². The number of benzene rings is 7. The van der Waals surface area contributed by atoms with Crippen LogP contribution in [0.25, 0.3) is 0 Å². The summed E-state index contributed by atoms with van der Waals surface area (Å²) in [5.41, 5.74) is -0.974. The highest BCUT2D eigenvalue weighted by Gasteiger charge is 2.46. The predicted molar refractivity (Wildman–Crippen MR) is 225 cm³/mol. The maximum atomic E-state index is 15.9. The topological polar surface area (TPSA) is 137 Å². The van der Waals surface area contributed by atoms with Crippen LogP contribution >= 0.6 is 23.0 Å². The molecule has 14 heteroatoms. The van der Waals surface area contributed by atoms with Gasteiger partial charge in [-0.25, -0.2) is 4.57 Å². The number of non-ortho nitro benzene ring substituents is 1. The second-order valence-electron chi connectivity index (χ2n) is 12.1. The fraction of sp³-hybridized carbons (Fsp3) is 0. The van der Waals surface area contributed by atoms with E-state index in [0.717, 1.165) is 16.7 Å². The van der Waals surface area contributed by atoms with Gasteiger partial charge in [-0.1, -0.05) is 158 Å². The van der Waals surface area contributed by atoms with Gasteiger partial charge in [-0.3, -0.25) is 24.7 Å². The van der Waals surface area contributed by atoms with Crippen LogP contribution in [0.15, 0.2) is 205 Å². The van der Waals surface area contributed by atoms with Gasteiger partial charge in [0.15, 0.2) is 0 Å². The number of nitrogens with zero attached hydrogens (tertiary/aromatic N) is 4. The fourth-order valence-electron chi connectivity index (χ4n) is 6.06. The predicted octanol–water partition coefficient (Wildman–Crippen LogP) is 10.4. The van der Waals surface area contributed by atoms with Crippen molar-refractivity contribution in [3.8, 4) is 11.5 Å². The maximum absolute atomic E-state index is 15.9. The molecular formula is C42H33N4O7P3. The highest BCUT2D eigenvalue weighted by Crippen LogP contribution is 2.70. The van der Waals surface area contributed by atoms with E-state index in [0.29, 0.717) is 10.6 Å². The number of nitro benzene ring substituents is 2. The van der Waals surface area contributed by atoms with E-state index in [2.05, 4.69) is 0 Å². The molecule has 0 aliphatic rings. The molecule has 11 nitrogen and oxygen atoms in total. The fourth-order valence-corrected chi connectivity index (χ4v) is 16.6. The first kappa shape index (κ1) is 37.9. The van der Waals surface area contributed by atoms with Crippen LogP contribution in [0, 0.1) is 20.2 Å². The standard InChI is InChI=1S/C42H33N4O7P3/c47-44(48)34-31-32-41(42(33-34)45(49)50)46(54(37-23-11-3-12-24-37)38-25-13-4-14-26-38)55(39-27-15-5-16-28-39,40-29-17-6-18-30-40)43-56(51,52-35-19-7-1-8-20-35)53-36-21-9-2-10-22-36/h1-33H. The van der Waals surface area contributed by atoms with Gasteiger partial charge in [-0.2, -0.15) is 0 Å². The Morgan fingerprint density at radius 1 is 0.518 bits per heavy atom. The van der Waals surface area contributed by atoms with Crippen LogP contribution in [-0.4, -0.2) is 9.85 Å². The number of nitro groups is 2. The Hall–Kier alpha value is -6.37. The van der Waals surface area contributed by atoms with Crippen molar-refractivity contribution in [3.63, 3.8) is 0 Å². The van der Waals surface area contributed by atoms with Crippen molar-refractivity contribution in [3.05, 3.63) is 220 Å². The SMILES string of the molecule is O=[N+]([O-])c1ccc(N(P(c2ccccc2)c2ccccc2)P(=NP(=O)(Oc2ccccc2)Oc2ccccc2)(c2ccccc2)c2ccccc2)c([N+](=O)[O-])c1. The molecule has 0 bridgehead atoms. The van der Waals surface area contributed by atoms with Crippen LogP contribution in [0.4, 0.5) is 17.1 Å². The molecule has 0 aliphatic carbocycles. The Bertz CT molecular complexity index is 2410. The van der Waals surface area contributed by atoms with Gasteiger partial charge >= 0.3 is 7.75 Å². The molecule has 0 heterocycles. The lowest BCUT2D eigenvalue weighted by molar-refractivity contribution is -0.393. The van der Waals surface area contributed by atoms with E-state index >= 15 is 4.57 Å². The smallest absolute Gasteiger partial charge is 0.399 e. The second-order valence-corrected chi connectivity index (χ2v) is 19.1. The summed E-state index contributed by atoms with van der Waals surface area (Å²) in [6.07, 6.45) is 0. The van der Waals surface area contributed by atoms with Crippen LogP contribution in [0.2, 0.25) is 0 Å². The highest BCUT2D eigenvalue weighted by molar-refractivity contribution is 7.96. The molecule has 56 heavy (non-hydrogen) atoms. The zero-order valence-corrected chi connectivity index (χ0v) is 32.2. The van der Waals surface area contributed by atoms with Crippen molar-refractivity contribution in [1.29, 1.82) is 0 Å². The van der Waals surface area contributed by atoms with Gasteiger partial charge in [-0.15, -0.1) is 4.52 Å². The van der Waals surface area contributed by atoms with Gasteiger partial charge in [0.2, 0.25) is 0 Å². The largest absolute Gasteiger partial charge is 0.564 e. The summed E-state index contributed by atoms with van der Waals surface area (Å²) in [7, 11) is -10.5. The Morgan fingerprint density at radius 2 is 0.911 bits per heavy atom. The molecule has 0 atom stereocenters. The minimum Gasteiger partial charge on any atom is -0.399 e. The first-order valence-electron chi connectivity index (χ1n) is 17.3. The minimum atomic E-state index is -4.71. The van der Waals surface area contributed by atoms with E-state index in [1.807, 2.05) is 126 Å². The molecule has 0 radical (unpaired) electrons. The number of hydrogen-bond donors (Lipinski definition) is 0. The Balaban J connectivity index is 1.71. The van der Waals surface area contributed by atoms with Crippen molar-refractivity contribution in [2.24, 2.45) is 4.52 Å². The molecule has 0 amide bonds. The quantitative estimate of drug-likeness (QED) is 0.0602. The molecule has 0 spiro atoms. The lowest BCUT2D eigenvalue weighted by Gasteiger charge is -2.43. The number of rotatable bonds is 14. The molecule has 278 valence electrons. The number of anilines is 1. The summed E-state index contributed by atoms with van der Waals surface area (Å²) in [5, 5.41) is 28.0. The molecule has 0 aromatic heterocycles. The molecule has 0 saturated carbocycles. The van der Waals surface area contributed by atoms with Crippen molar-refractivity contribution in [2.45, 2.75) is 0 Å². The first-order chi connectivity index (χ1) is 27.3. The third-order valence-electron chi connectivity index (χ3n) is 8.45. The average molecular weight is 799 g/mol. The lowest BCUT2D eigenvalue weighted by Crippen LogP contribution is -2.35. The van der Waals surface area contributed by atoms with Gasteiger partial charge in [0.1, 0.15) is 24.4 Å². The van der Waals surface area contributed by atoms with Gasteiger partial charge in [0.25, 0.3) is 11.4 Å². The van der Waals surface area contributed by atoms with Gasteiger partial charge in [-0.05, 0) is 30.3 Å². The molecule has 0 unspecified atom stereocenters. The molecule has 0 aliphatic heterocycles. The van der Waals surface area contributed by atoms with E-state index in [1.165, 1.54) is 12.1 Å². The summed E-state index contributed by atoms with van der Waals surface area (Å²) in [6, 6.07) is 57.9. The van der Waals surface area contributed by atoms with Crippen molar-refractivity contribution < 1.29 is 23.5 Å². The number of para-hydroxylation sites is 2. The molecule has 0 fully saturated rings. The van der Waals surface area contributed by atoms with Crippen LogP contribution in [-0.2, 0) is 4.57 Å². The average Bonchev–Trinajstić information content (AvgIpc) is 3.24. The van der Waals surface area contributed by atoms with E-state index in [9.17, 15) is 20.2 Å². The van der Waals surface area contributed by atoms with Gasteiger partial charge in [0.05, 0.1) is 24.0 Å². The van der Waals surface area contributed by atoms with Crippen LogP contribution in [0.3, 0.4) is 0 Å². The summed E-state index contributed by atoms with van der Waals surface area (Å²) < 4.78 is 35.9. The summed E-state index contributed by atoms with van der Waals surface area (Å²) >= 11 is 0. The monoisotopic (exact) mass is 798 g/mol. The van der Waals surface area contributed by atoms with Gasteiger partial charge in [0, 0.05) is 27.3 Å². The Labute approximate surface area is 324 Å². The molecule has 7 aromatic carbocycles. The molecule has 0 N–H and O–H groups in total. The molecular weight excluding hydrogens is 765 g/mol. The highest BCUT2D eigenvalue weighted by atomic mass is 31.2. The number of hydrogen-bond acceptors (Lipinski definition) is 7. The van der Waals surface area contributed by atoms with E-state index in [1.54, 1.807) is 60.7 Å². The first-order valence-corrected chi connectivity index (χ1v) is 21.7. The Kier molecular flexibility index (Phi) is 11.5. The zero-order valence-electron chi connectivity index (χ0n) is 29.5. The minimum absolute atomic E-state index is 0.0233. The maximum Gasteiger partial charge on any atom is 0.564 e. The molecule has 0 saturated heterocycles. The van der Waals surface area contributed by atoms with Crippen molar-refractivity contribution in [2.75, 3.05) is 4.44 Å². The third-order valence-corrected chi connectivity index (χ3v) is 17.5. The summed E-state index contributed by atoms with van der Waals surface area (Å²) in [5.74, 6) is 0.437. The second kappa shape index (κ2) is 17.0. The van der Waals surface area contributed by atoms with Crippen molar-refractivity contribution in [1.82, 2.24) is 0 Å². The van der Waals surface area contributed by atoms with E-state index in [4.69, 9.17) is 13.6 Å². The van der Waals surface area contributed by atoms with E-state index in [-0.39, 0.29) is 17.2 Å². The van der Waals surface area contributed by atoms with E-state index < -0.39 is 44.2 Å². The van der Waals surface area contributed by atoms with Crippen molar-refractivity contribution >= 4 is 61.3 Å². The third kappa shape index (κ3) is 8.16. The molecule has 7 aromatic rings. The summed E-state index contributed by atoms with van der Waals surface area (Å²) in [4.78, 5) is 24.0. The lowest BCUT2D eigenvalue weighted by atomic mass is 10.2. The Morgan fingerprint density at radius 3 is 1.30 bits per heavy atom. The van der Waals surface area contributed by atoms with Crippen LogP contribution in [0.1, 0.15) is 0 Å². The summed E-state index contributed by atoms with van der Waals surface area (Å²) in [6.45, 7) is 0. The zero-order chi connectivity index (χ0) is 39.0. The normalized spacial score (nSPS) is 11.4. The molecule has 7 rings (SSSR count).